The van der Waals surface area contributed by atoms with Crippen LogP contribution in [-0.4, -0.2) is 41.1 Å². The van der Waals surface area contributed by atoms with Crippen molar-refractivity contribution in [1.29, 1.82) is 5.41 Å². The van der Waals surface area contributed by atoms with Gasteiger partial charge in [0.1, 0.15) is 5.82 Å². The van der Waals surface area contributed by atoms with Crippen molar-refractivity contribution in [3.8, 4) is 0 Å². The maximum atomic E-state index is 13.6. The summed E-state index contributed by atoms with van der Waals surface area (Å²) in [5, 5.41) is 8.48. The number of likely N-dealkylation sites (tertiary alicyclic amines) is 1. The molecule has 2 aromatic carbocycles. The van der Waals surface area contributed by atoms with Crippen LogP contribution >= 0.6 is 0 Å². The summed E-state index contributed by atoms with van der Waals surface area (Å²) in [6.45, 7) is 14.9. The molecule has 5 nitrogen and oxygen atoms in total. The fourth-order valence-corrected chi connectivity index (χ4v) is 5.72. The molecule has 1 aliphatic heterocycles. The highest BCUT2D eigenvalue weighted by Crippen LogP contribution is 2.36. The highest BCUT2D eigenvalue weighted by Gasteiger charge is 2.30. The number of piperidine rings is 1. The molecule has 0 spiro atoms. The Bertz CT molecular complexity index is 1390. The summed E-state index contributed by atoms with van der Waals surface area (Å²) in [6, 6.07) is 16.3. The lowest BCUT2D eigenvalue weighted by Crippen LogP contribution is -2.42. The summed E-state index contributed by atoms with van der Waals surface area (Å²) in [5.74, 6) is 0.633. The van der Waals surface area contributed by atoms with Crippen molar-refractivity contribution in [3.05, 3.63) is 107 Å². The number of amides is 1. The molecule has 1 saturated heterocycles. The molecule has 1 amide bonds. The molecule has 0 unspecified atom stereocenters. The van der Waals surface area contributed by atoms with E-state index in [2.05, 4.69) is 47.7 Å². The lowest BCUT2D eigenvalue weighted by Gasteiger charge is -2.40. The zero-order valence-electron chi connectivity index (χ0n) is 24.9. The minimum Gasteiger partial charge on any atom is -0.345 e. The zero-order valence-corrected chi connectivity index (χ0v) is 24.9. The van der Waals surface area contributed by atoms with Crippen molar-refractivity contribution in [2.45, 2.75) is 59.8 Å². The van der Waals surface area contributed by atoms with Gasteiger partial charge in [-0.2, -0.15) is 0 Å². The van der Waals surface area contributed by atoms with Crippen molar-refractivity contribution in [2.75, 3.05) is 24.5 Å². The summed E-state index contributed by atoms with van der Waals surface area (Å²) in [4.78, 5) is 22.2. The van der Waals surface area contributed by atoms with Gasteiger partial charge >= 0.3 is 0 Å². The van der Waals surface area contributed by atoms with Gasteiger partial charge in [0, 0.05) is 48.7 Å². The lowest BCUT2D eigenvalue weighted by atomic mass is 9.84. The smallest absolute Gasteiger partial charge is 0.255 e. The molecule has 0 atom stereocenters. The highest BCUT2D eigenvalue weighted by molar-refractivity contribution is 6.10. The Morgan fingerprint density at radius 2 is 1.71 bits per heavy atom. The number of benzene rings is 2. The number of para-hydroxylation sites is 1. The zero-order chi connectivity index (χ0) is 29.5. The molecule has 2 fully saturated rings. The van der Waals surface area contributed by atoms with E-state index in [-0.39, 0.29) is 11.6 Å². The third kappa shape index (κ3) is 6.92. The molecule has 1 saturated carbocycles. The van der Waals surface area contributed by atoms with Gasteiger partial charge in [-0.25, -0.2) is 4.39 Å². The Morgan fingerprint density at radius 1 is 1.00 bits per heavy atom. The summed E-state index contributed by atoms with van der Waals surface area (Å²) in [6.07, 6.45) is 7.20. The molecule has 0 bridgehead atoms. The fourth-order valence-electron chi connectivity index (χ4n) is 5.72. The molecule has 2 heterocycles. The van der Waals surface area contributed by atoms with Crippen LogP contribution < -0.4 is 4.90 Å². The summed E-state index contributed by atoms with van der Waals surface area (Å²) in [7, 11) is 0. The number of pyridine rings is 1. The summed E-state index contributed by atoms with van der Waals surface area (Å²) in [5.41, 5.74) is 5.99. The topological polar surface area (TPSA) is 60.3 Å². The van der Waals surface area contributed by atoms with Gasteiger partial charge in [0.2, 0.25) is 0 Å². The average Bonchev–Trinajstić information content (AvgIpc) is 2.97. The Morgan fingerprint density at radius 3 is 2.32 bits per heavy atom. The summed E-state index contributed by atoms with van der Waals surface area (Å²) < 4.78 is 13.6. The van der Waals surface area contributed by atoms with Crippen molar-refractivity contribution >= 4 is 17.3 Å². The molecular weight excluding hydrogens is 511 g/mol. The Hall–Kier alpha value is -3.80. The molecule has 1 aromatic heterocycles. The molecular formula is C35H43FN4O. The standard InChI is InChI=1S/C33H37FN4O.C2H6/c1-22-8-4-5-13-30(22)38(21-25-9-6-10-25)24(3)26-14-16-37(17-15-26)33(39)28-18-23(2)32(36-20-28)31(35)27-11-7-12-29(34)19-27;1-2/h4-5,7-8,11-13,18-20,25-26,35H,3,6,9-10,14-17,21H2,1-2H3;1-2H3. The van der Waals surface area contributed by atoms with Crippen molar-refractivity contribution < 1.29 is 9.18 Å². The van der Waals surface area contributed by atoms with Gasteiger partial charge in [0.05, 0.1) is 17.0 Å². The second-order valence-electron chi connectivity index (χ2n) is 11.0. The number of halogens is 1. The van der Waals surface area contributed by atoms with Crippen LogP contribution in [0.5, 0.6) is 0 Å². The van der Waals surface area contributed by atoms with Crippen LogP contribution in [0.25, 0.3) is 0 Å². The van der Waals surface area contributed by atoms with Crippen molar-refractivity contribution in [3.63, 3.8) is 0 Å². The quantitative estimate of drug-likeness (QED) is 0.288. The van der Waals surface area contributed by atoms with E-state index >= 15 is 0 Å². The van der Waals surface area contributed by atoms with E-state index < -0.39 is 5.82 Å². The second-order valence-corrected chi connectivity index (χ2v) is 11.0. The first-order valence-corrected chi connectivity index (χ1v) is 14.9. The lowest BCUT2D eigenvalue weighted by molar-refractivity contribution is 0.0700. The van der Waals surface area contributed by atoms with Crippen LogP contribution in [0, 0.1) is 36.9 Å². The average molecular weight is 555 g/mol. The molecule has 3 aromatic rings. The first-order valence-electron chi connectivity index (χ1n) is 14.9. The fraction of sp³-hybridized carbons (Fsp3) is 0.400. The van der Waals surface area contributed by atoms with Crippen LogP contribution in [0.3, 0.4) is 0 Å². The van der Waals surface area contributed by atoms with E-state index in [1.807, 2.05) is 25.7 Å². The number of aromatic nitrogens is 1. The number of carbonyl (C=O) groups excluding carboxylic acids is 1. The van der Waals surface area contributed by atoms with E-state index in [0.717, 1.165) is 30.9 Å². The number of aryl methyl sites for hydroxylation is 2. The monoisotopic (exact) mass is 554 g/mol. The highest BCUT2D eigenvalue weighted by atomic mass is 19.1. The number of carbonyl (C=O) groups is 1. The van der Waals surface area contributed by atoms with E-state index in [1.54, 1.807) is 24.4 Å². The molecule has 1 N–H and O–H groups in total. The molecule has 6 heteroatoms. The minimum atomic E-state index is -0.391. The van der Waals surface area contributed by atoms with Crippen molar-refractivity contribution in [1.82, 2.24) is 9.88 Å². The third-order valence-electron chi connectivity index (χ3n) is 8.35. The van der Waals surface area contributed by atoms with Gasteiger partial charge in [0.25, 0.3) is 5.91 Å². The van der Waals surface area contributed by atoms with Gasteiger partial charge in [-0.3, -0.25) is 15.2 Å². The van der Waals surface area contributed by atoms with Gasteiger partial charge < -0.3 is 9.80 Å². The van der Waals surface area contributed by atoms with Gasteiger partial charge in [-0.05, 0) is 80.8 Å². The van der Waals surface area contributed by atoms with Crippen molar-refractivity contribution in [2.24, 2.45) is 11.8 Å². The van der Waals surface area contributed by atoms with Crippen LogP contribution in [0.4, 0.5) is 10.1 Å². The Labute approximate surface area is 244 Å². The van der Waals surface area contributed by atoms with Crippen LogP contribution in [0.15, 0.2) is 73.1 Å². The van der Waals surface area contributed by atoms with E-state index in [9.17, 15) is 9.18 Å². The van der Waals surface area contributed by atoms with Gasteiger partial charge in [-0.1, -0.05) is 57.2 Å². The van der Waals surface area contributed by atoms with E-state index in [1.165, 1.54) is 48.3 Å². The number of nitrogens with one attached hydrogen (secondary N) is 1. The molecule has 0 radical (unpaired) electrons. The number of anilines is 1. The number of hydrogen-bond donors (Lipinski definition) is 1. The SMILES string of the molecule is C=C(C1CCN(C(=O)c2cnc(C(=N)c3cccc(F)c3)c(C)c2)CC1)N(CC1CCC1)c1ccccc1C.CC. The maximum absolute atomic E-state index is 13.6. The Balaban J connectivity index is 0.00000189. The van der Waals surface area contributed by atoms with Crippen LogP contribution in [0.2, 0.25) is 0 Å². The van der Waals surface area contributed by atoms with Gasteiger partial charge in [0.15, 0.2) is 0 Å². The molecule has 1 aliphatic carbocycles. The number of hydrogen-bond acceptors (Lipinski definition) is 4. The number of rotatable bonds is 8. The number of allylic oxidation sites excluding steroid dienone is 1. The van der Waals surface area contributed by atoms with Crippen LogP contribution in [-0.2, 0) is 0 Å². The first kappa shape index (κ1) is 30.2. The predicted octanol–water partition coefficient (Wildman–Crippen LogP) is 7.95. The van der Waals surface area contributed by atoms with E-state index in [0.29, 0.717) is 35.8 Å². The van der Waals surface area contributed by atoms with Crippen LogP contribution in [0.1, 0.15) is 78.7 Å². The molecule has 41 heavy (non-hydrogen) atoms. The van der Waals surface area contributed by atoms with E-state index in [4.69, 9.17) is 5.41 Å². The van der Waals surface area contributed by atoms with Gasteiger partial charge in [-0.15, -0.1) is 0 Å². The molecule has 2 aliphatic rings. The third-order valence-corrected chi connectivity index (χ3v) is 8.35. The maximum Gasteiger partial charge on any atom is 0.255 e. The molecule has 5 rings (SSSR count). The predicted molar refractivity (Wildman–Crippen MR) is 166 cm³/mol. The number of nitrogens with zero attached hydrogens (tertiary/aromatic N) is 3. The Kier molecular flexibility index (Phi) is 10.1. The largest absolute Gasteiger partial charge is 0.345 e. The summed E-state index contributed by atoms with van der Waals surface area (Å²) >= 11 is 0. The second kappa shape index (κ2) is 13.7. The minimum absolute atomic E-state index is 0.0382. The normalized spacial score (nSPS) is 15.4. The molecule has 216 valence electrons. The first-order chi connectivity index (χ1) is 19.8.